The first-order valence-corrected chi connectivity index (χ1v) is 6.35. The Balaban J connectivity index is 2.17. The van der Waals surface area contributed by atoms with Gasteiger partial charge in [-0.1, -0.05) is 29.8 Å². The molecule has 0 aliphatic heterocycles. The molecule has 0 saturated carbocycles. The van der Waals surface area contributed by atoms with Gasteiger partial charge in [0.05, 0.1) is 5.69 Å². The fourth-order valence-electron chi connectivity index (χ4n) is 1.76. The summed E-state index contributed by atoms with van der Waals surface area (Å²) in [6, 6.07) is 0. The number of aromatic nitrogens is 4. The lowest BCUT2D eigenvalue weighted by Gasteiger charge is -2.11. The van der Waals surface area contributed by atoms with E-state index < -0.39 is 0 Å². The summed E-state index contributed by atoms with van der Waals surface area (Å²) in [5.74, 6) is 0.682. The number of fused-ring (bicyclic) bond motifs is 1. The minimum Gasteiger partial charge on any atom is -0.286 e. The maximum Gasteiger partial charge on any atom is 0.182 e. The molecule has 2 heterocycles. The first-order chi connectivity index (χ1) is 7.66. The summed E-state index contributed by atoms with van der Waals surface area (Å²) >= 11 is 3.69. The first kappa shape index (κ1) is 11.5. The van der Waals surface area contributed by atoms with Crippen LogP contribution in [-0.2, 0) is 6.42 Å². The van der Waals surface area contributed by atoms with Crippen LogP contribution in [0.1, 0.15) is 26.0 Å². The molecule has 86 valence electrons. The van der Waals surface area contributed by atoms with Gasteiger partial charge >= 0.3 is 0 Å². The summed E-state index contributed by atoms with van der Waals surface area (Å²) < 4.78 is 1.90. The highest BCUT2D eigenvalue weighted by Crippen LogP contribution is 2.18. The molecule has 0 bridgehead atoms. The van der Waals surface area contributed by atoms with Crippen LogP contribution in [0.5, 0.6) is 0 Å². The van der Waals surface area contributed by atoms with E-state index in [1.54, 1.807) is 12.5 Å². The number of nitrogens with zero attached hydrogens (tertiary/aromatic N) is 4. The minimum atomic E-state index is 0.447. The average molecular weight is 283 g/mol. The Labute approximate surface area is 103 Å². The molecule has 0 N–H and O–H groups in total. The van der Waals surface area contributed by atoms with Gasteiger partial charge in [-0.05, 0) is 12.3 Å². The van der Waals surface area contributed by atoms with Gasteiger partial charge in [-0.15, -0.1) is 10.2 Å². The maximum atomic E-state index is 4.37. The third kappa shape index (κ3) is 2.58. The van der Waals surface area contributed by atoms with E-state index >= 15 is 0 Å². The zero-order chi connectivity index (χ0) is 11.5. The van der Waals surface area contributed by atoms with Crippen molar-refractivity contribution in [3.05, 3.63) is 24.4 Å². The standard InChI is InChI=1S/C11H15BrN4/c1-8(2)5-9(12)6-10-11-15-14-7-16(11)4-3-13-10/h3-4,7-9H,5-6H2,1-2H3. The molecule has 1 atom stereocenters. The van der Waals surface area contributed by atoms with Crippen LogP contribution in [0.15, 0.2) is 18.7 Å². The van der Waals surface area contributed by atoms with E-state index in [1.807, 2.05) is 10.6 Å². The minimum absolute atomic E-state index is 0.447. The number of hydrogen-bond donors (Lipinski definition) is 0. The predicted octanol–water partition coefficient (Wildman–Crippen LogP) is 2.48. The SMILES string of the molecule is CC(C)CC(Br)Cc1nccn2cnnc12. The molecular weight excluding hydrogens is 268 g/mol. The normalized spacial score (nSPS) is 13.5. The van der Waals surface area contributed by atoms with Crippen LogP contribution in [0.4, 0.5) is 0 Å². The first-order valence-electron chi connectivity index (χ1n) is 5.44. The lowest BCUT2D eigenvalue weighted by atomic mass is 10.1. The van der Waals surface area contributed by atoms with Crippen LogP contribution >= 0.6 is 15.9 Å². The Kier molecular flexibility index (Phi) is 3.53. The Morgan fingerprint density at radius 1 is 1.44 bits per heavy atom. The quantitative estimate of drug-likeness (QED) is 0.810. The van der Waals surface area contributed by atoms with Gasteiger partial charge < -0.3 is 0 Å². The molecule has 0 fully saturated rings. The smallest absolute Gasteiger partial charge is 0.182 e. The second-order valence-corrected chi connectivity index (χ2v) is 5.66. The molecule has 4 nitrogen and oxygen atoms in total. The van der Waals surface area contributed by atoms with Crippen LogP contribution in [0, 0.1) is 5.92 Å². The van der Waals surface area contributed by atoms with E-state index in [1.165, 1.54) is 0 Å². The summed E-state index contributed by atoms with van der Waals surface area (Å²) in [6.07, 6.45) is 7.38. The number of rotatable bonds is 4. The number of hydrogen-bond acceptors (Lipinski definition) is 3. The van der Waals surface area contributed by atoms with Gasteiger partial charge in [0.2, 0.25) is 0 Å². The van der Waals surface area contributed by atoms with E-state index in [-0.39, 0.29) is 0 Å². The lowest BCUT2D eigenvalue weighted by molar-refractivity contribution is 0.568. The van der Waals surface area contributed by atoms with E-state index in [0.29, 0.717) is 10.7 Å². The largest absolute Gasteiger partial charge is 0.286 e. The van der Waals surface area contributed by atoms with E-state index in [4.69, 9.17) is 0 Å². The summed E-state index contributed by atoms with van der Waals surface area (Å²) in [5, 5.41) is 7.97. The molecule has 5 heteroatoms. The summed E-state index contributed by atoms with van der Waals surface area (Å²) in [6.45, 7) is 4.44. The third-order valence-corrected chi connectivity index (χ3v) is 3.13. The molecule has 0 aliphatic rings. The highest BCUT2D eigenvalue weighted by Gasteiger charge is 2.12. The van der Waals surface area contributed by atoms with Crippen molar-refractivity contribution in [2.24, 2.45) is 5.92 Å². The molecule has 0 saturated heterocycles. The zero-order valence-corrected chi connectivity index (χ0v) is 11.1. The van der Waals surface area contributed by atoms with Gasteiger partial charge in [0.15, 0.2) is 5.65 Å². The van der Waals surface area contributed by atoms with Crippen molar-refractivity contribution >= 4 is 21.6 Å². The molecule has 16 heavy (non-hydrogen) atoms. The van der Waals surface area contributed by atoms with E-state index in [9.17, 15) is 0 Å². The zero-order valence-electron chi connectivity index (χ0n) is 9.47. The Morgan fingerprint density at radius 2 is 2.25 bits per heavy atom. The van der Waals surface area contributed by atoms with Crippen LogP contribution in [0.2, 0.25) is 0 Å². The van der Waals surface area contributed by atoms with E-state index in [0.717, 1.165) is 24.2 Å². The Morgan fingerprint density at radius 3 is 3.00 bits per heavy atom. The monoisotopic (exact) mass is 282 g/mol. The van der Waals surface area contributed by atoms with Gasteiger partial charge in [-0.2, -0.15) is 0 Å². The highest BCUT2D eigenvalue weighted by atomic mass is 79.9. The van der Waals surface area contributed by atoms with Crippen molar-refractivity contribution in [1.82, 2.24) is 19.6 Å². The topological polar surface area (TPSA) is 43.1 Å². The van der Waals surface area contributed by atoms with Crippen molar-refractivity contribution in [2.45, 2.75) is 31.5 Å². The summed E-state index contributed by atoms with van der Waals surface area (Å²) in [5.41, 5.74) is 1.86. The molecule has 0 aliphatic carbocycles. The van der Waals surface area contributed by atoms with Crippen molar-refractivity contribution in [2.75, 3.05) is 0 Å². The van der Waals surface area contributed by atoms with Crippen LogP contribution in [0.25, 0.3) is 5.65 Å². The second-order valence-electron chi connectivity index (χ2n) is 4.37. The number of halogens is 1. The van der Waals surface area contributed by atoms with Gasteiger partial charge in [0, 0.05) is 23.6 Å². The van der Waals surface area contributed by atoms with Gasteiger partial charge in [-0.3, -0.25) is 9.38 Å². The summed E-state index contributed by atoms with van der Waals surface area (Å²) in [7, 11) is 0. The Hall–Kier alpha value is -0.970. The molecule has 2 aromatic rings. The summed E-state index contributed by atoms with van der Waals surface area (Å²) in [4.78, 5) is 4.82. The molecule has 1 unspecified atom stereocenters. The lowest BCUT2D eigenvalue weighted by Crippen LogP contribution is -2.09. The van der Waals surface area contributed by atoms with E-state index in [2.05, 4.69) is 45.0 Å². The molecular formula is C11H15BrN4. The molecule has 0 aromatic carbocycles. The molecule has 2 aromatic heterocycles. The highest BCUT2D eigenvalue weighted by molar-refractivity contribution is 9.09. The predicted molar refractivity (Wildman–Crippen MR) is 66.7 cm³/mol. The fourth-order valence-corrected chi connectivity index (χ4v) is 2.81. The maximum absolute atomic E-state index is 4.37. The molecule has 2 rings (SSSR count). The third-order valence-electron chi connectivity index (χ3n) is 2.43. The van der Waals surface area contributed by atoms with Gasteiger partial charge in [0.1, 0.15) is 6.33 Å². The van der Waals surface area contributed by atoms with Gasteiger partial charge in [0.25, 0.3) is 0 Å². The second kappa shape index (κ2) is 4.91. The van der Waals surface area contributed by atoms with Gasteiger partial charge in [-0.25, -0.2) is 0 Å². The fraction of sp³-hybridized carbons (Fsp3) is 0.545. The number of alkyl halides is 1. The van der Waals surface area contributed by atoms with Crippen LogP contribution < -0.4 is 0 Å². The average Bonchev–Trinajstić information content (AvgIpc) is 2.65. The van der Waals surface area contributed by atoms with Crippen LogP contribution in [-0.4, -0.2) is 24.4 Å². The van der Waals surface area contributed by atoms with Crippen molar-refractivity contribution in [3.63, 3.8) is 0 Å². The molecule has 0 spiro atoms. The molecule has 0 radical (unpaired) electrons. The Bertz CT molecular complexity index is 466. The van der Waals surface area contributed by atoms with Crippen LogP contribution in [0.3, 0.4) is 0 Å². The van der Waals surface area contributed by atoms with Crippen molar-refractivity contribution < 1.29 is 0 Å². The van der Waals surface area contributed by atoms with Crippen molar-refractivity contribution in [1.29, 1.82) is 0 Å². The van der Waals surface area contributed by atoms with Crippen molar-refractivity contribution in [3.8, 4) is 0 Å². The molecule has 0 amide bonds.